The second-order valence-corrected chi connectivity index (χ2v) is 5.90. The molecule has 0 bridgehead atoms. The topological polar surface area (TPSA) is 41.6 Å². The van der Waals surface area contributed by atoms with Crippen molar-refractivity contribution in [3.05, 3.63) is 59.2 Å². The van der Waals surface area contributed by atoms with Gasteiger partial charge in [0.1, 0.15) is 5.75 Å². The van der Waals surface area contributed by atoms with Gasteiger partial charge >= 0.3 is 0 Å². The first-order valence-corrected chi connectivity index (χ1v) is 7.66. The molecule has 0 unspecified atom stereocenters. The molecule has 1 amide bonds. The summed E-state index contributed by atoms with van der Waals surface area (Å²) in [4.78, 5) is 14.1. The number of carbonyl (C=O) groups is 1. The fourth-order valence-corrected chi connectivity index (χ4v) is 2.46. The lowest BCUT2D eigenvalue weighted by Gasteiger charge is -2.18. The van der Waals surface area contributed by atoms with E-state index in [1.807, 2.05) is 62.2 Å². The molecule has 0 fully saturated rings. The molecule has 2 rings (SSSR count). The molecule has 0 aliphatic heterocycles. The number of nitrogens with one attached hydrogen (secondary N) is 1. The van der Waals surface area contributed by atoms with E-state index in [1.54, 1.807) is 7.11 Å². The summed E-state index contributed by atoms with van der Waals surface area (Å²) < 4.78 is 5.39. The summed E-state index contributed by atoms with van der Waals surface area (Å²) in [6.07, 6.45) is 0. The molecule has 23 heavy (non-hydrogen) atoms. The second-order valence-electron chi connectivity index (χ2n) is 5.90. The van der Waals surface area contributed by atoms with Gasteiger partial charge in [-0.15, -0.1) is 0 Å². The molecule has 0 atom stereocenters. The summed E-state index contributed by atoms with van der Waals surface area (Å²) >= 11 is 0. The number of methoxy groups -OCH3 is 1. The standard InChI is InChI=1S/C19H24N2O2/c1-14-5-8-17(9-6-14)20-19(22)13-21(3)12-16-11-15(2)7-10-18(16)23-4/h5-11H,12-13H2,1-4H3,(H,20,22). The molecule has 4 heteroatoms. The van der Waals surface area contributed by atoms with E-state index in [1.165, 1.54) is 11.1 Å². The highest BCUT2D eigenvalue weighted by atomic mass is 16.5. The van der Waals surface area contributed by atoms with Crippen molar-refractivity contribution in [3.8, 4) is 5.75 Å². The Morgan fingerprint density at radius 1 is 1.09 bits per heavy atom. The van der Waals surface area contributed by atoms with E-state index in [0.717, 1.165) is 17.0 Å². The summed E-state index contributed by atoms with van der Waals surface area (Å²) in [6.45, 7) is 5.05. The predicted octanol–water partition coefficient (Wildman–Crippen LogP) is 3.38. The van der Waals surface area contributed by atoms with Crippen molar-refractivity contribution in [3.63, 3.8) is 0 Å². The van der Waals surface area contributed by atoms with Crippen LogP contribution in [0.1, 0.15) is 16.7 Å². The fourth-order valence-electron chi connectivity index (χ4n) is 2.46. The molecule has 4 nitrogen and oxygen atoms in total. The number of hydrogen-bond donors (Lipinski definition) is 1. The van der Waals surface area contributed by atoms with Crippen molar-refractivity contribution in [2.45, 2.75) is 20.4 Å². The number of aryl methyl sites for hydroxylation is 2. The molecule has 122 valence electrons. The van der Waals surface area contributed by atoms with Crippen molar-refractivity contribution in [1.29, 1.82) is 0 Å². The van der Waals surface area contributed by atoms with Crippen molar-refractivity contribution < 1.29 is 9.53 Å². The van der Waals surface area contributed by atoms with Crippen LogP contribution in [0.4, 0.5) is 5.69 Å². The van der Waals surface area contributed by atoms with Crippen LogP contribution < -0.4 is 10.1 Å². The van der Waals surface area contributed by atoms with Gasteiger partial charge in [-0.1, -0.05) is 35.4 Å². The minimum atomic E-state index is -0.0250. The number of rotatable bonds is 6. The molecule has 0 spiro atoms. The van der Waals surface area contributed by atoms with Crippen LogP contribution in [-0.4, -0.2) is 31.5 Å². The van der Waals surface area contributed by atoms with Gasteiger partial charge in [-0.3, -0.25) is 9.69 Å². The molecule has 0 aromatic heterocycles. The van der Waals surface area contributed by atoms with Crippen molar-refractivity contribution >= 4 is 11.6 Å². The lowest BCUT2D eigenvalue weighted by molar-refractivity contribution is -0.117. The van der Waals surface area contributed by atoms with Crippen LogP contribution >= 0.6 is 0 Å². The van der Waals surface area contributed by atoms with Crippen LogP contribution in [0.15, 0.2) is 42.5 Å². The number of anilines is 1. The van der Waals surface area contributed by atoms with Crippen LogP contribution in [-0.2, 0) is 11.3 Å². The maximum atomic E-state index is 12.1. The molecule has 0 radical (unpaired) electrons. The SMILES string of the molecule is COc1ccc(C)cc1CN(C)CC(=O)Nc1ccc(C)cc1. The average molecular weight is 312 g/mol. The van der Waals surface area contributed by atoms with Gasteiger partial charge in [-0.25, -0.2) is 0 Å². The van der Waals surface area contributed by atoms with Gasteiger partial charge < -0.3 is 10.1 Å². The molecular weight excluding hydrogens is 288 g/mol. The van der Waals surface area contributed by atoms with Gasteiger partial charge in [-0.05, 0) is 39.1 Å². The molecule has 2 aromatic carbocycles. The fraction of sp³-hybridized carbons (Fsp3) is 0.316. The monoisotopic (exact) mass is 312 g/mol. The third-order valence-corrected chi connectivity index (χ3v) is 3.63. The Balaban J connectivity index is 1.93. The zero-order valence-corrected chi connectivity index (χ0v) is 14.2. The highest BCUT2D eigenvalue weighted by Gasteiger charge is 2.10. The Labute approximate surface area is 138 Å². The second kappa shape index (κ2) is 7.79. The smallest absolute Gasteiger partial charge is 0.238 e. The van der Waals surface area contributed by atoms with Gasteiger partial charge in [0.05, 0.1) is 13.7 Å². The van der Waals surface area contributed by atoms with Crippen LogP contribution in [0.25, 0.3) is 0 Å². The predicted molar refractivity (Wildman–Crippen MR) is 93.9 cm³/mol. The Morgan fingerprint density at radius 3 is 2.39 bits per heavy atom. The summed E-state index contributed by atoms with van der Waals surface area (Å²) in [5, 5.41) is 2.91. The number of nitrogens with zero attached hydrogens (tertiary/aromatic N) is 1. The molecule has 0 saturated heterocycles. The largest absolute Gasteiger partial charge is 0.496 e. The third-order valence-electron chi connectivity index (χ3n) is 3.63. The Hall–Kier alpha value is -2.33. The van der Waals surface area contributed by atoms with E-state index in [4.69, 9.17) is 4.74 Å². The number of carbonyl (C=O) groups excluding carboxylic acids is 1. The van der Waals surface area contributed by atoms with E-state index in [2.05, 4.69) is 11.4 Å². The summed E-state index contributed by atoms with van der Waals surface area (Å²) in [6, 6.07) is 13.9. The maximum absolute atomic E-state index is 12.1. The van der Waals surface area contributed by atoms with Crippen LogP contribution in [0.5, 0.6) is 5.75 Å². The number of ether oxygens (including phenoxy) is 1. The molecule has 2 aromatic rings. The normalized spacial score (nSPS) is 10.7. The number of amides is 1. The average Bonchev–Trinajstić information content (AvgIpc) is 2.49. The minimum absolute atomic E-state index is 0.0250. The molecule has 0 heterocycles. The molecule has 0 aliphatic rings. The van der Waals surface area contributed by atoms with Gasteiger partial charge in [0.15, 0.2) is 0 Å². The number of likely N-dealkylation sites (N-methyl/N-ethyl adjacent to an activating group) is 1. The van der Waals surface area contributed by atoms with Gasteiger partial charge in [0.2, 0.25) is 5.91 Å². The highest BCUT2D eigenvalue weighted by molar-refractivity contribution is 5.92. The molecule has 1 N–H and O–H groups in total. The lowest BCUT2D eigenvalue weighted by Crippen LogP contribution is -2.30. The summed E-state index contributed by atoms with van der Waals surface area (Å²) in [7, 11) is 3.59. The first-order valence-electron chi connectivity index (χ1n) is 7.66. The van der Waals surface area contributed by atoms with Gasteiger partial charge in [0.25, 0.3) is 0 Å². The lowest BCUT2D eigenvalue weighted by atomic mass is 10.1. The summed E-state index contributed by atoms with van der Waals surface area (Å²) in [5.41, 5.74) is 4.25. The van der Waals surface area contributed by atoms with Gasteiger partial charge in [0, 0.05) is 17.8 Å². The van der Waals surface area contributed by atoms with Crippen molar-refractivity contribution in [1.82, 2.24) is 4.90 Å². The highest BCUT2D eigenvalue weighted by Crippen LogP contribution is 2.21. The van der Waals surface area contributed by atoms with Gasteiger partial charge in [-0.2, -0.15) is 0 Å². The number of benzene rings is 2. The third kappa shape index (κ3) is 5.11. The Bertz CT molecular complexity index is 666. The first-order chi connectivity index (χ1) is 11.0. The number of hydrogen-bond acceptors (Lipinski definition) is 3. The van der Waals surface area contributed by atoms with E-state index in [9.17, 15) is 4.79 Å². The maximum Gasteiger partial charge on any atom is 0.238 e. The Morgan fingerprint density at radius 2 is 1.74 bits per heavy atom. The van der Waals surface area contributed by atoms with Crippen LogP contribution in [0, 0.1) is 13.8 Å². The van der Waals surface area contributed by atoms with Crippen LogP contribution in [0.2, 0.25) is 0 Å². The van der Waals surface area contributed by atoms with E-state index >= 15 is 0 Å². The molecule has 0 aliphatic carbocycles. The van der Waals surface area contributed by atoms with E-state index in [-0.39, 0.29) is 5.91 Å². The quantitative estimate of drug-likeness (QED) is 0.889. The first kappa shape index (κ1) is 17.0. The zero-order chi connectivity index (χ0) is 16.8. The van der Waals surface area contributed by atoms with Crippen molar-refractivity contribution in [2.75, 3.05) is 26.0 Å². The Kier molecular flexibility index (Phi) is 5.77. The summed E-state index contributed by atoms with van der Waals surface area (Å²) in [5.74, 6) is 0.823. The van der Waals surface area contributed by atoms with E-state index < -0.39 is 0 Å². The molecule has 0 saturated carbocycles. The van der Waals surface area contributed by atoms with Crippen molar-refractivity contribution in [2.24, 2.45) is 0 Å². The van der Waals surface area contributed by atoms with Crippen LogP contribution in [0.3, 0.4) is 0 Å². The molecular formula is C19H24N2O2. The minimum Gasteiger partial charge on any atom is -0.496 e. The van der Waals surface area contributed by atoms with E-state index in [0.29, 0.717) is 13.1 Å². The zero-order valence-electron chi connectivity index (χ0n) is 14.2.